The fourth-order valence-electron chi connectivity index (χ4n) is 3.34. The largest absolute Gasteiger partial charge is 0.573 e. The van der Waals surface area contributed by atoms with Gasteiger partial charge in [-0.3, -0.25) is 14.8 Å². The van der Waals surface area contributed by atoms with Crippen molar-refractivity contribution in [2.24, 2.45) is 5.73 Å². The first-order valence-electron chi connectivity index (χ1n) is 9.65. The average Bonchev–Trinajstić information content (AvgIpc) is 2.78. The number of carbonyl (C=O) groups excluding carboxylic acids is 2. The molecule has 4 N–H and O–H groups in total. The fraction of sp³-hybridized carbons (Fsp3) is 0.300. The highest BCUT2D eigenvalue weighted by atomic mass is 32.2. The zero-order valence-corrected chi connectivity index (χ0v) is 17.8. The van der Waals surface area contributed by atoms with Gasteiger partial charge in [-0.15, -0.1) is 13.2 Å². The summed E-state index contributed by atoms with van der Waals surface area (Å²) in [5, 5.41) is 9.01. The first-order valence-corrected chi connectivity index (χ1v) is 10.8. The number of nitrogens with one attached hydrogen (secondary N) is 1. The summed E-state index contributed by atoms with van der Waals surface area (Å²) in [5.41, 5.74) is 6.28. The summed E-state index contributed by atoms with van der Waals surface area (Å²) in [4.78, 5) is 23.8. The van der Waals surface area contributed by atoms with E-state index in [1.807, 2.05) is 0 Å². The van der Waals surface area contributed by atoms with Crippen molar-refractivity contribution in [3.05, 3.63) is 53.6 Å². The molecule has 1 saturated heterocycles. The highest BCUT2D eigenvalue weighted by Gasteiger charge is 2.31. The van der Waals surface area contributed by atoms with Crippen LogP contribution in [0.2, 0.25) is 0 Å². The first kappa shape index (κ1) is 24.5. The highest BCUT2D eigenvalue weighted by Crippen LogP contribution is 2.28. The van der Waals surface area contributed by atoms with E-state index in [-0.39, 0.29) is 27.9 Å². The Labute approximate surface area is 188 Å². The van der Waals surface area contributed by atoms with Crippen molar-refractivity contribution in [2.45, 2.75) is 30.2 Å². The van der Waals surface area contributed by atoms with Crippen molar-refractivity contribution in [2.75, 3.05) is 13.1 Å². The molecule has 0 bridgehead atoms. The Balaban J connectivity index is 1.64. The molecule has 0 aliphatic carbocycles. The smallest absolute Gasteiger partial charge is 0.490 e. The lowest BCUT2D eigenvalue weighted by Crippen LogP contribution is -2.40. The number of carbonyl (C=O) groups is 2. The highest BCUT2D eigenvalue weighted by molar-refractivity contribution is 7.82. The summed E-state index contributed by atoms with van der Waals surface area (Å²) in [6.07, 6.45) is -4.16. The molecule has 178 valence electrons. The summed E-state index contributed by atoms with van der Waals surface area (Å²) >= 11 is 0. The number of alkyl halides is 3. The normalized spacial score (nSPS) is 16.1. The van der Waals surface area contributed by atoms with Crippen LogP contribution in [-0.4, -0.2) is 51.1 Å². The topological polar surface area (TPSA) is 131 Å². The monoisotopic (exact) mass is 487 g/mol. The summed E-state index contributed by atoms with van der Waals surface area (Å²) in [6, 6.07) is 9.14. The first-order chi connectivity index (χ1) is 15.6. The third-order valence-electron chi connectivity index (χ3n) is 4.80. The van der Waals surface area contributed by atoms with Crippen molar-refractivity contribution >= 4 is 22.8 Å². The molecule has 33 heavy (non-hydrogen) atoms. The van der Waals surface area contributed by atoms with Gasteiger partial charge in [-0.05, 0) is 49.2 Å². The second-order valence-corrected chi connectivity index (χ2v) is 8.45. The van der Waals surface area contributed by atoms with Gasteiger partial charge in [-0.2, -0.15) is 0 Å². The SMILES string of the molecule is NC(=O)c1cccc(S(=O)N2CCC(Oc3ccc(OC(F)(F)F)cc3)CC2)c1C(=O)NO. The maximum absolute atomic E-state index is 13.1. The second-order valence-electron chi connectivity index (χ2n) is 7.00. The minimum absolute atomic E-state index is 0.0254. The number of hydrogen-bond acceptors (Lipinski definition) is 6. The number of nitrogens with zero attached hydrogens (tertiary/aromatic N) is 1. The Morgan fingerprint density at radius 2 is 1.70 bits per heavy atom. The Hall–Kier alpha value is -3.16. The van der Waals surface area contributed by atoms with E-state index in [9.17, 15) is 27.0 Å². The molecule has 0 spiro atoms. The van der Waals surface area contributed by atoms with Gasteiger partial charge in [0.2, 0.25) is 5.91 Å². The molecule has 0 aromatic heterocycles. The van der Waals surface area contributed by atoms with Crippen LogP contribution in [0.25, 0.3) is 0 Å². The molecule has 2 amide bonds. The Morgan fingerprint density at radius 1 is 1.09 bits per heavy atom. The minimum atomic E-state index is -4.78. The van der Waals surface area contributed by atoms with Crippen molar-refractivity contribution in [1.82, 2.24) is 9.79 Å². The van der Waals surface area contributed by atoms with Crippen LogP contribution < -0.4 is 20.7 Å². The molecule has 1 unspecified atom stereocenters. The molecule has 2 aromatic rings. The van der Waals surface area contributed by atoms with E-state index in [4.69, 9.17) is 15.7 Å². The van der Waals surface area contributed by atoms with Crippen molar-refractivity contribution in [3.8, 4) is 11.5 Å². The molecule has 2 aromatic carbocycles. The van der Waals surface area contributed by atoms with Gasteiger partial charge in [0, 0.05) is 13.1 Å². The van der Waals surface area contributed by atoms with E-state index in [0.717, 1.165) is 12.1 Å². The maximum atomic E-state index is 13.1. The van der Waals surface area contributed by atoms with E-state index in [0.29, 0.717) is 31.7 Å². The molecule has 9 nitrogen and oxygen atoms in total. The third kappa shape index (κ3) is 6.21. The molecule has 1 fully saturated rings. The minimum Gasteiger partial charge on any atom is -0.490 e. The number of hydroxylamine groups is 1. The number of primary amides is 1. The Morgan fingerprint density at radius 3 is 2.24 bits per heavy atom. The van der Waals surface area contributed by atoms with E-state index in [1.54, 1.807) is 4.31 Å². The van der Waals surface area contributed by atoms with Gasteiger partial charge < -0.3 is 15.2 Å². The van der Waals surface area contributed by atoms with Gasteiger partial charge in [-0.25, -0.2) is 14.0 Å². The van der Waals surface area contributed by atoms with E-state index in [1.165, 1.54) is 35.8 Å². The van der Waals surface area contributed by atoms with E-state index >= 15 is 0 Å². The number of piperidine rings is 1. The predicted octanol–water partition coefficient (Wildman–Crippen LogP) is 2.37. The standard InChI is InChI=1S/C20H20F3N3O6S/c21-20(22,23)32-14-6-4-12(5-7-14)31-13-8-10-26(11-9-13)33(30)16-3-1-2-15(18(24)27)17(16)19(28)25-29/h1-7,13,29H,8-11H2,(H2,24,27)(H,25,28). The van der Waals surface area contributed by atoms with E-state index in [2.05, 4.69) is 4.74 Å². The molecule has 1 atom stereocenters. The number of ether oxygens (including phenoxy) is 2. The molecular weight excluding hydrogens is 467 g/mol. The van der Waals surface area contributed by atoms with Gasteiger partial charge in [0.25, 0.3) is 5.91 Å². The number of halogens is 3. The van der Waals surface area contributed by atoms with E-state index < -0.39 is 29.2 Å². The molecule has 1 heterocycles. The van der Waals surface area contributed by atoms with Crippen LogP contribution in [0.1, 0.15) is 33.6 Å². The van der Waals surface area contributed by atoms with Crippen LogP contribution in [0.4, 0.5) is 13.2 Å². The van der Waals surface area contributed by atoms with Crippen LogP contribution in [0.3, 0.4) is 0 Å². The second kappa shape index (κ2) is 10.2. The molecule has 0 saturated carbocycles. The van der Waals surface area contributed by atoms with Gasteiger partial charge in [0.05, 0.1) is 16.0 Å². The number of nitrogens with two attached hydrogens (primary N) is 1. The fourth-order valence-corrected chi connectivity index (χ4v) is 4.73. The quantitative estimate of drug-likeness (QED) is 0.406. The zero-order valence-electron chi connectivity index (χ0n) is 17.0. The molecule has 1 aliphatic heterocycles. The number of hydrogen-bond donors (Lipinski definition) is 3. The summed E-state index contributed by atoms with van der Waals surface area (Å²) in [6.45, 7) is 0.626. The van der Waals surface area contributed by atoms with Gasteiger partial charge >= 0.3 is 6.36 Å². The Bertz CT molecular complexity index is 1040. The number of benzene rings is 2. The third-order valence-corrected chi connectivity index (χ3v) is 6.35. The molecular formula is C20H20F3N3O6S. The zero-order chi connectivity index (χ0) is 24.2. The van der Waals surface area contributed by atoms with Crippen LogP contribution in [-0.2, 0) is 11.0 Å². The van der Waals surface area contributed by atoms with Gasteiger partial charge in [-0.1, -0.05) is 6.07 Å². The lowest BCUT2D eigenvalue weighted by atomic mass is 10.1. The lowest BCUT2D eigenvalue weighted by molar-refractivity contribution is -0.274. The van der Waals surface area contributed by atoms with Crippen LogP contribution in [0.5, 0.6) is 11.5 Å². The number of amides is 2. The van der Waals surface area contributed by atoms with Crippen LogP contribution in [0.15, 0.2) is 47.4 Å². The maximum Gasteiger partial charge on any atom is 0.573 e. The summed E-state index contributed by atoms with van der Waals surface area (Å²) in [7, 11) is -1.83. The van der Waals surface area contributed by atoms with Crippen molar-refractivity contribution in [3.63, 3.8) is 0 Å². The van der Waals surface area contributed by atoms with Crippen LogP contribution >= 0.6 is 0 Å². The summed E-state index contributed by atoms with van der Waals surface area (Å²) < 4.78 is 61.0. The molecule has 0 radical (unpaired) electrons. The Kier molecular flexibility index (Phi) is 7.56. The molecule has 3 rings (SSSR count). The van der Waals surface area contributed by atoms with Crippen LogP contribution in [0, 0.1) is 0 Å². The van der Waals surface area contributed by atoms with Gasteiger partial charge in [0.15, 0.2) is 0 Å². The molecule has 13 heteroatoms. The summed E-state index contributed by atoms with van der Waals surface area (Å²) in [5.74, 6) is -1.92. The van der Waals surface area contributed by atoms with Gasteiger partial charge in [0.1, 0.15) is 28.6 Å². The number of rotatable bonds is 7. The lowest BCUT2D eigenvalue weighted by Gasteiger charge is -2.31. The average molecular weight is 487 g/mol. The predicted molar refractivity (Wildman–Crippen MR) is 109 cm³/mol. The molecule has 1 aliphatic rings. The van der Waals surface area contributed by atoms with Crippen molar-refractivity contribution in [1.29, 1.82) is 0 Å². The van der Waals surface area contributed by atoms with Crippen molar-refractivity contribution < 1.29 is 41.7 Å².